The van der Waals surface area contributed by atoms with Crippen LogP contribution in [0.5, 0.6) is 0 Å². The second-order valence-electron chi connectivity index (χ2n) is 7.86. The van der Waals surface area contributed by atoms with Crippen molar-refractivity contribution >= 4 is 23.1 Å². The molecule has 1 aromatic carbocycles. The van der Waals surface area contributed by atoms with Gasteiger partial charge in [0.25, 0.3) is 0 Å². The minimum atomic E-state index is -0.803. The maximum absolute atomic E-state index is 13.6. The van der Waals surface area contributed by atoms with Crippen molar-refractivity contribution in [3.63, 3.8) is 0 Å². The number of aromatic nitrogens is 3. The number of hydrogen-bond acceptors (Lipinski definition) is 8. The highest BCUT2D eigenvalue weighted by molar-refractivity contribution is 7.99. The van der Waals surface area contributed by atoms with Gasteiger partial charge in [-0.2, -0.15) is 15.6 Å². The van der Waals surface area contributed by atoms with E-state index in [0.29, 0.717) is 39.8 Å². The average molecular weight is 473 g/mol. The minimum Gasteiger partial charge on any atom is -0.389 e. The van der Waals surface area contributed by atoms with Crippen LogP contribution >= 0.6 is 11.8 Å². The number of benzene rings is 1. The van der Waals surface area contributed by atoms with Gasteiger partial charge in [-0.1, -0.05) is 11.8 Å². The molecule has 168 valence electrons. The van der Waals surface area contributed by atoms with Crippen LogP contribution in [0, 0.1) is 28.5 Å². The number of nitrogens with zero attached hydrogens (tertiary/aromatic N) is 6. The fourth-order valence-corrected chi connectivity index (χ4v) is 4.97. The lowest BCUT2D eigenvalue weighted by molar-refractivity contribution is 0.0572. The van der Waals surface area contributed by atoms with E-state index in [-0.39, 0.29) is 5.56 Å². The van der Waals surface area contributed by atoms with Crippen LogP contribution in [-0.2, 0) is 0 Å². The van der Waals surface area contributed by atoms with Crippen LogP contribution in [0.2, 0.25) is 0 Å². The molecule has 1 saturated heterocycles. The van der Waals surface area contributed by atoms with Crippen LogP contribution < -0.4 is 4.90 Å². The highest BCUT2D eigenvalue weighted by Gasteiger charge is 2.30. The van der Waals surface area contributed by atoms with Crippen molar-refractivity contribution in [1.29, 1.82) is 10.5 Å². The number of nitriles is 2. The van der Waals surface area contributed by atoms with E-state index in [1.807, 2.05) is 29.2 Å². The van der Waals surface area contributed by atoms with Gasteiger partial charge in [0, 0.05) is 46.4 Å². The molecule has 5 rings (SSSR count). The third-order valence-electron chi connectivity index (χ3n) is 5.64. The maximum atomic E-state index is 13.6. The van der Waals surface area contributed by atoms with Crippen molar-refractivity contribution in [2.24, 2.45) is 0 Å². The van der Waals surface area contributed by atoms with Crippen LogP contribution in [0.3, 0.4) is 0 Å². The summed E-state index contributed by atoms with van der Waals surface area (Å²) in [7, 11) is 0. The summed E-state index contributed by atoms with van der Waals surface area (Å²) in [6.07, 6.45) is 3.35. The van der Waals surface area contributed by atoms with Gasteiger partial charge in [-0.15, -0.1) is 0 Å². The lowest BCUT2D eigenvalue weighted by Gasteiger charge is -2.16. The molecule has 1 aliphatic heterocycles. The summed E-state index contributed by atoms with van der Waals surface area (Å²) in [6, 6.07) is 13.7. The zero-order valence-electron chi connectivity index (χ0n) is 17.6. The van der Waals surface area contributed by atoms with Gasteiger partial charge in [0.1, 0.15) is 23.8 Å². The number of rotatable bonds is 4. The largest absolute Gasteiger partial charge is 0.389 e. The SMILES string of the molecule is N#Cc1cc(F)ccc1Sc1cc(-c2ccc(N3C[C@@H](O)[C@H](O)C3)nc2)cn2ncc(C#N)c12. The molecule has 0 saturated carbocycles. The first kappa shape index (κ1) is 21.9. The normalized spacial score (nSPS) is 17.6. The Bertz CT molecular complexity index is 1460. The lowest BCUT2D eigenvalue weighted by Crippen LogP contribution is -2.22. The summed E-state index contributed by atoms with van der Waals surface area (Å²) in [5.41, 5.74) is 2.75. The van der Waals surface area contributed by atoms with Crippen molar-refractivity contribution in [1.82, 2.24) is 14.6 Å². The van der Waals surface area contributed by atoms with Gasteiger partial charge in [-0.05, 0) is 36.4 Å². The first-order valence-corrected chi connectivity index (χ1v) is 11.1. The molecule has 3 aromatic heterocycles. The molecule has 0 aliphatic carbocycles. The molecule has 2 atom stereocenters. The summed E-state index contributed by atoms with van der Waals surface area (Å²) < 4.78 is 15.2. The Morgan fingerprint density at radius 3 is 2.38 bits per heavy atom. The fourth-order valence-electron chi connectivity index (χ4n) is 3.90. The Morgan fingerprint density at radius 2 is 1.71 bits per heavy atom. The van der Waals surface area contributed by atoms with Crippen LogP contribution in [0.4, 0.5) is 10.2 Å². The second-order valence-corrected chi connectivity index (χ2v) is 8.94. The molecule has 34 heavy (non-hydrogen) atoms. The van der Waals surface area contributed by atoms with Crippen LogP contribution in [0.1, 0.15) is 11.1 Å². The minimum absolute atomic E-state index is 0.201. The van der Waals surface area contributed by atoms with E-state index in [2.05, 4.69) is 16.2 Å². The summed E-state index contributed by atoms with van der Waals surface area (Å²) in [5, 5.41) is 42.9. The van der Waals surface area contributed by atoms with Crippen molar-refractivity contribution in [2.45, 2.75) is 22.0 Å². The third kappa shape index (κ3) is 3.95. The number of fused-ring (bicyclic) bond motifs is 1. The van der Waals surface area contributed by atoms with Crippen LogP contribution in [0.25, 0.3) is 16.6 Å². The van der Waals surface area contributed by atoms with E-state index in [0.717, 1.165) is 11.1 Å². The first-order valence-electron chi connectivity index (χ1n) is 10.3. The summed E-state index contributed by atoms with van der Waals surface area (Å²) in [4.78, 5) is 7.55. The van der Waals surface area contributed by atoms with E-state index in [4.69, 9.17) is 0 Å². The number of pyridine rings is 2. The van der Waals surface area contributed by atoms with Gasteiger partial charge in [0.15, 0.2) is 0 Å². The molecule has 0 radical (unpaired) electrons. The van der Waals surface area contributed by atoms with Crippen LogP contribution in [-0.4, -0.2) is 50.1 Å². The van der Waals surface area contributed by atoms with E-state index >= 15 is 0 Å². The highest BCUT2D eigenvalue weighted by Crippen LogP contribution is 2.37. The monoisotopic (exact) mass is 472 g/mol. The van der Waals surface area contributed by atoms with Crippen molar-refractivity contribution in [2.75, 3.05) is 18.0 Å². The molecule has 4 aromatic rings. The molecule has 8 nitrogen and oxygen atoms in total. The molecule has 0 spiro atoms. The Morgan fingerprint density at radius 1 is 0.941 bits per heavy atom. The van der Waals surface area contributed by atoms with Gasteiger partial charge in [-0.3, -0.25) is 0 Å². The average Bonchev–Trinajstić information content (AvgIpc) is 3.42. The van der Waals surface area contributed by atoms with Crippen molar-refractivity contribution in [3.8, 4) is 23.3 Å². The predicted octanol–water partition coefficient (Wildman–Crippen LogP) is 2.97. The molecule has 10 heteroatoms. The van der Waals surface area contributed by atoms with E-state index in [1.165, 1.54) is 30.1 Å². The summed E-state index contributed by atoms with van der Waals surface area (Å²) in [5.74, 6) is 0.150. The van der Waals surface area contributed by atoms with Gasteiger partial charge >= 0.3 is 0 Å². The lowest BCUT2D eigenvalue weighted by atomic mass is 10.1. The number of hydrogen-bond donors (Lipinski definition) is 2. The fraction of sp³-hybridized carbons (Fsp3) is 0.167. The predicted molar refractivity (Wildman–Crippen MR) is 123 cm³/mol. The molecular formula is C24H17FN6O2S. The first-order chi connectivity index (χ1) is 16.5. The highest BCUT2D eigenvalue weighted by atomic mass is 32.2. The Balaban J connectivity index is 1.55. The van der Waals surface area contributed by atoms with Crippen LogP contribution in [0.15, 0.2) is 64.8 Å². The Kier molecular flexibility index (Phi) is 5.64. The second kappa shape index (κ2) is 8.76. The summed E-state index contributed by atoms with van der Waals surface area (Å²) in [6.45, 7) is 0.618. The van der Waals surface area contributed by atoms with Gasteiger partial charge in [0.05, 0.1) is 35.0 Å². The van der Waals surface area contributed by atoms with E-state index in [9.17, 15) is 25.1 Å². The molecule has 1 fully saturated rings. The number of aliphatic hydroxyl groups excluding tert-OH is 2. The van der Waals surface area contributed by atoms with E-state index in [1.54, 1.807) is 23.0 Å². The molecule has 0 unspecified atom stereocenters. The summed E-state index contributed by atoms with van der Waals surface area (Å²) >= 11 is 1.26. The number of anilines is 1. The van der Waals surface area contributed by atoms with Crippen molar-refractivity contribution in [3.05, 3.63) is 71.9 Å². The molecule has 0 amide bonds. The molecule has 0 bridgehead atoms. The third-order valence-corrected chi connectivity index (χ3v) is 6.75. The topological polar surface area (TPSA) is 121 Å². The molecule has 4 heterocycles. The zero-order valence-corrected chi connectivity index (χ0v) is 18.4. The number of β-amino-alcohol motifs (C(OH)–C–C–N with tert-alkyl or cyclic N) is 2. The number of aliphatic hydroxyl groups is 2. The Hall–Kier alpha value is -3.96. The van der Waals surface area contributed by atoms with Gasteiger partial charge < -0.3 is 15.1 Å². The number of halogens is 1. The van der Waals surface area contributed by atoms with Gasteiger partial charge in [0.2, 0.25) is 0 Å². The maximum Gasteiger partial charge on any atom is 0.128 e. The van der Waals surface area contributed by atoms with E-state index < -0.39 is 18.0 Å². The molecule has 2 N–H and O–H groups in total. The molecular weight excluding hydrogens is 455 g/mol. The van der Waals surface area contributed by atoms with Gasteiger partial charge in [-0.25, -0.2) is 13.9 Å². The molecule has 1 aliphatic rings. The standard InChI is InChI=1S/C24H17FN6O2S/c25-18-2-3-21(15(5-18)7-26)34-22-6-16(11-31-24(22)17(8-27)10-29-31)14-1-4-23(28-9-14)30-12-19(32)20(33)13-30/h1-6,9-11,19-20,32-33H,12-13H2/t19-,20-/m1/s1. The quantitative estimate of drug-likeness (QED) is 0.465. The zero-order chi connectivity index (χ0) is 23.8. The smallest absolute Gasteiger partial charge is 0.128 e. The van der Waals surface area contributed by atoms with Crippen molar-refractivity contribution < 1.29 is 14.6 Å². The Labute approximate surface area is 198 Å².